The maximum absolute atomic E-state index is 12.9. The van der Waals surface area contributed by atoms with Gasteiger partial charge in [-0.15, -0.1) is 0 Å². The zero-order valence-electron chi connectivity index (χ0n) is 19.4. The van der Waals surface area contributed by atoms with Crippen LogP contribution in [0.15, 0.2) is 40.9 Å². The Hall–Kier alpha value is -3.06. The fraction of sp³-hybridized carbons (Fsp3) is 0.440. The quantitative estimate of drug-likeness (QED) is 0.561. The number of amides is 1. The van der Waals surface area contributed by atoms with Gasteiger partial charge in [-0.05, 0) is 63.1 Å². The first-order valence-electron chi connectivity index (χ1n) is 11.3. The minimum absolute atomic E-state index is 0.0581. The van der Waals surface area contributed by atoms with Gasteiger partial charge in [-0.25, -0.2) is 0 Å². The summed E-state index contributed by atoms with van der Waals surface area (Å²) >= 11 is 0. The third kappa shape index (κ3) is 5.22. The second-order valence-electron chi connectivity index (χ2n) is 8.54. The lowest BCUT2D eigenvalue weighted by Crippen LogP contribution is -2.48. The Kier molecular flexibility index (Phi) is 6.65. The highest BCUT2D eigenvalue weighted by Gasteiger charge is 2.25. The monoisotopic (exact) mass is 436 g/mol. The van der Waals surface area contributed by atoms with Gasteiger partial charge in [0, 0.05) is 51.0 Å². The molecule has 0 aliphatic carbocycles. The maximum atomic E-state index is 12.9. The fourth-order valence-corrected chi connectivity index (χ4v) is 4.12. The van der Waals surface area contributed by atoms with Crippen molar-refractivity contribution in [2.24, 2.45) is 0 Å². The van der Waals surface area contributed by atoms with Gasteiger partial charge in [0.15, 0.2) is 5.76 Å². The molecule has 1 fully saturated rings. The molecule has 0 N–H and O–H groups in total. The van der Waals surface area contributed by atoms with Crippen molar-refractivity contribution in [1.29, 1.82) is 0 Å². The van der Waals surface area contributed by atoms with E-state index in [2.05, 4.69) is 36.1 Å². The number of hydrogen-bond donors (Lipinski definition) is 0. The third-order valence-corrected chi connectivity index (χ3v) is 5.87. The molecule has 7 heteroatoms. The van der Waals surface area contributed by atoms with Gasteiger partial charge in [-0.2, -0.15) is 5.10 Å². The molecule has 170 valence electrons. The Morgan fingerprint density at radius 2 is 1.78 bits per heavy atom. The van der Waals surface area contributed by atoms with E-state index in [9.17, 15) is 4.79 Å². The smallest absolute Gasteiger partial charge is 0.289 e. The summed E-state index contributed by atoms with van der Waals surface area (Å²) in [6.07, 6.45) is 2.12. The Balaban J connectivity index is 1.29. The van der Waals surface area contributed by atoms with Gasteiger partial charge in [0.1, 0.15) is 18.1 Å². The van der Waals surface area contributed by atoms with E-state index in [1.54, 1.807) is 6.07 Å². The lowest BCUT2D eigenvalue weighted by atomic mass is 10.1. The first-order valence-corrected chi connectivity index (χ1v) is 11.3. The van der Waals surface area contributed by atoms with Gasteiger partial charge in [-0.1, -0.05) is 6.07 Å². The standard InChI is InChI=1S/C25H32N4O3/c1-5-29-16-21(20(4)26-29)15-27-8-10-28(11-9-27)25(30)24-7-6-22(32-24)17-31-23-13-18(2)12-19(3)14-23/h6-7,12-14,16H,5,8-11,15,17H2,1-4H3. The van der Waals surface area contributed by atoms with Crippen molar-refractivity contribution in [3.8, 4) is 5.75 Å². The van der Waals surface area contributed by atoms with E-state index in [0.29, 0.717) is 31.2 Å². The van der Waals surface area contributed by atoms with Gasteiger partial charge < -0.3 is 14.1 Å². The largest absolute Gasteiger partial charge is 0.486 e. The van der Waals surface area contributed by atoms with E-state index in [-0.39, 0.29) is 5.91 Å². The molecule has 1 saturated heterocycles. The van der Waals surface area contributed by atoms with Crippen LogP contribution in [0, 0.1) is 20.8 Å². The molecule has 32 heavy (non-hydrogen) atoms. The van der Waals surface area contributed by atoms with Gasteiger partial charge >= 0.3 is 0 Å². The second-order valence-corrected chi connectivity index (χ2v) is 8.54. The molecule has 1 aliphatic rings. The molecule has 1 aromatic carbocycles. The van der Waals surface area contributed by atoms with Crippen molar-refractivity contribution in [2.75, 3.05) is 26.2 Å². The minimum Gasteiger partial charge on any atom is -0.486 e. The number of ether oxygens (including phenoxy) is 1. The molecule has 0 atom stereocenters. The van der Waals surface area contributed by atoms with Crippen LogP contribution in [0.3, 0.4) is 0 Å². The SMILES string of the molecule is CCn1cc(CN2CCN(C(=O)c3ccc(COc4cc(C)cc(C)c4)o3)CC2)c(C)n1. The first kappa shape index (κ1) is 22.1. The first-order chi connectivity index (χ1) is 15.4. The molecular weight excluding hydrogens is 404 g/mol. The van der Waals surface area contributed by atoms with Crippen LogP contribution in [-0.4, -0.2) is 51.7 Å². The van der Waals surface area contributed by atoms with Crippen LogP contribution in [0.1, 0.15) is 45.6 Å². The zero-order chi connectivity index (χ0) is 22.7. The number of carbonyl (C=O) groups is 1. The van der Waals surface area contributed by atoms with Crippen LogP contribution in [-0.2, 0) is 19.7 Å². The van der Waals surface area contributed by atoms with E-state index < -0.39 is 0 Å². The molecule has 3 aromatic rings. The molecule has 0 radical (unpaired) electrons. The highest BCUT2D eigenvalue weighted by Crippen LogP contribution is 2.20. The van der Waals surface area contributed by atoms with Crippen molar-refractivity contribution in [3.05, 3.63) is 70.4 Å². The van der Waals surface area contributed by atoms with E-state index in [0.717, 1.165) is 48.7 Å². The summed E-state index contributed by atoms with van der Waals surface area (Å²) in [6, 6.07) is 9.67. The van der Waals surface area contributed by atoms with Gasteiger partial charge in [-0.3, -0.25) is 14.4 Å². The summed E-state index contributed by atoms with van der Waals surface area (Å²) in [4.78, 5) is 17.1. The van der Waals surface area contributed by atoms with Crippen LogP contribution in [0.5, 0.6) is 5.75 Å². The van der Waals surface area contributed by atoms with Crippen molar-refractivity contribution in [1.82, 2.24) is 19.6 Å². The van der Waals surface area contributed by atoms with Gasteiger partial charge in [0.05, 0.1) is 5.69 Å². The van der Waals surface area contributed by atoms with E-state index in [1.165, 1.54) is 5.56 Å². The van der Waals surface area contributed by atoms with Gasteiger partial charge in [0.25, 0.3) is 5.91 Å². The van der Waals surface area contributed by atoms with Crippen LogP contribution in [0.4, 0.5) is 0 Å². The Morgan fingerprint density at radius 3 is 2.44 bits per heavy atom. The predicted molar refractivity (Wildman–Crippen MR) is 123 cm³/mol. The van der Waals surface area contributed by atoms with Crippen LogP contribution < -0.4 is 4.74 Å². The van der Waals surface area contributed by atoms with E-state index in [4.69, 9.17) is 9.15 Å². The molecule has 4 rings (SSSR count). The number of carbonyl (C=O) groups excluding carboxylic acids is 1. The molecule has 2 aromatic heterocycles. The molecule has 0 unspecified atom stereocenters. The van der Waals surface area contributed by atoms with Crippen LogP contribution >= 0.6 is 0 Å². The molecule has 1 aliphatic heterocycles. The molecular formula is C25H32N4O3. The number of piperazine rings is 1. The summed E-state index contributed by atoms with van der Waals surface area (Å²) in [5, 5.41) is 4.53. The van der Waals surface area contributed by atoms with Crippen LogP contribution in [0.2, 0.25) is 0 Å². The molecule has 0 saturated carbocycles. The Bertz CT molecular complexity index is 1060. The molecule has 0 bridgehead atoms. The Labute approximate surface area is 189 Å². The summed E-state index contributed by atoms with van der Waals surface area (Å²) in [6.45, 7) is 13.3. The summed E-state index contributed by atoms with van der Waals surface area (Å²) in [7, 11) is 0. The number of furan rings is 1. The number of rotatable bonds is 7. The summed E-state index contributed by atoms with van der Waals surface area (Å²) in [5.41, 5.74) is 4.65. The topological polar surface area (TPSA) is 63.7 Å². The minimum atomic E-state index is -0.0581. The van der Waals surface area contributed by atoms with Crippen LogP contribution in [0.25, 0.3) is 0 Å². The Morgan fingerprint density at radius 1 is 1.06 bits per heavy atom. The van der Waals surface area contributed by atoms with Crippen molar-refractivity contribution >= 4 is 5.91 Å². The van der Waals surface area contributed by atoms with Crippen molar-refractivity contribution in [2.45, 2.75) is 47.4 Å². The lowest BCUT2D eigenvalue weighted by Gasteiger charge is -2.34. The molecule has 1 amide bonds. The average Bonchev–Trinajstić information content (AvgIpc) is 3.38. The number of nitrogens with zero attached hydrogens (tertiary/aromatic N) is 4. The third-order valence-electron chi connectivity index (χ3n) is 5.87. The molecule has 0 spiro atoms. The maximum Gasteiger partial charge on any atom is 0.289 e. The van der Waals surface area contributed by atoms with E-state index in [1.807, 2.05) is 41.6 Å². The summed E-state index contributed by atoms with van der Waals surface area (Å²) < 4.78 is 13.6. The normalized spacial score (nSPS) is 14.7. The second kappa shape index (κ2) is 9.61. The van der Waals surface area contributed by atoms with E-state index >= 15 is 0 Å². The number of aromatic nitrogens is 2. The lowest BCUT2D eigenvalue weighted by molar-refractivity contribution is 0.0594. The summed E-state index contributed by atoms with van der Waals surface area (Å²) in [5.74, 6) is 1.77. The van der Waals surface area contributed by atoms with Crippen molar-refractivity contribution < 1.29 is 13.9 Å². The zero-order valence-corrected chi connectivity index (χ0v) is 19.4. The highest BCUT2D eigenvalue weighted by molar-refractivity contribution is 5.91. The number of hydrogen-bond acceptors (Lipinski definition) is 5. The fourth-order valence-electron chi connectivity index (χ4n) is 4.12. The number of aryl methyl sites for hydroxylation is 4. The molecule has 7 nitrogen and oxygen atoms in total. The van der Waals surface area contributed by atoms with Crippen molar-refractivity contribution in [3.63, 3.8) is 0 Å². The van der Waals surface area contributed by atoms with Gasteiger partial charge in [0.2, 0.25) is 0 Å². The predicted octanol–water partition coefficient (Wildman–Crippen LogP) is 3.96. The average molecular weight is 437 g/mol. The highest BCUT2D eigenvalue weighted by atomic mass is 16.5. The molecule has 3 heterocycles. The number of benzene rings is 1.